The Balaban J connectivity index is 3.90. The van der Waals surface area contributed by atoms with Crippen LogP contribution in [0.4, 0.5) is 0 Å². The standard InChI is InChI=1S/C84H160NO8P/c1-6-8-10-12-14-16-18-20-22-24-26-28-30-32-34-36-38-40-41-42-43-45-47-49-51-53-55-57-59-61-63-65-67-69-71-73-75-77-84(87)93-82(81-92-94(88,89)91-79-78-85(3,4)5)80-90-83(86)76-74-72-70-68-66-64-62-60-58-56-54-52-50-48-46-44-39-37-35-33-31-29-27-25-23-21-19-17-15-13-11-9-7-2/h18,20,24-27,30,32,82H,6-17,19,21-23,28-29,31,33-81H2,1-5H3/b20-18-,26-24-,27-25-,32-30-. The van der Waals surface area contributed by atoms with Gasteiger partial charge in [0.05, 0.1) is 27.7 Å². The predicted molar refractivity (Wildman–Crippen MR) is 407 cm³/mol. The number of hydrogen-bond acceptors (Lipinski definition) is 8. The van der Waals surface area contributed by atoms with Gasteiger partial charge in [-0.05, 0) is 77.0 Å². The third-order valence-corrected chi connectivity index (χ3v) is 19.8. The van der Waals surface area contributed by atoms with E-state index in [2.05, 4.69) is 62.5 Å². The first-order chi connectivity index (χ1) is 46.0. The van der Waals surface area contributed by atoms with Crippen LogP contribution in [0.3, 0.4) is 0 Å². The number of hydrogen-bond donors (Lipinski definition) is 0. The fourth-order valence-corrected chi connectivity index (χ4v) is 13.2. The molecule has 0 fully saturated rings. The van der Waals surface area contributed by atoms with E-state index >= 15 is 0 Å². The number of carbonyl (C=O) groups is 2. The molecule has 2 unspecified atom stereocenters. The van der Waals surface area contributed by atoms with Gasteiger partial charge in [0.25, 0.3) is 7.82 Å². The van der Waals surface area contributed by atoms with E-state index in [1.54, 1.807) is 0 Å². The van der Waals surface area contributed by atoms with Gasteiger partial charge < -0.3 is 27.9 Å². The maximum absolute atomic E-state index is 12.9. The van der Waals surface area contributed by atoms with Crippen molar-refractivity contribution >= 4 is 19.8 Å². The monoisotopic (exact) mass is 1340 g/mol. The summed E-state index contributed by atoms with van der Waals surface area (Å²) in [5.41, 5.74) is 0. The van der Waals surface area contributed by atoms with Crippen molar-refractivity contribution < 1.29 is 42.1 Å². The normalized spacial score (nSPS) is 13.2. The smallest absolute Gasteiger partial charge is 0.306 e. The molecular weight excluding hydrogens is 1180 g/mol. The summed E-state index contributed by atoms with van der Waals surface area (Å²) in [4.78, 5) is 38.2. The second-order valence-corrected chi connectivity index (χ2v) is 30.9. The van der Waals surface area contributed by atoms with Crippen LogP contribution in [0, 0.1) is 0 Å². The van der Waals surface area contributed by atoms with E-state index in [1.807, 2.05) is 21.1 Å². The molecule has 0 aliphatic heterocycles. The van der Waals surface area contributed by atoms with Crippen molar-refractivity contribution in [1.82, 2.24) is 0 Å². The number of likely N-dealkylation sites (N-methyl/N-ethyl adjacent to an activating group) is 1. The molecule has 0 saturated carbocycles. The first-order valence-electron chi connectivity index (χ1n) is 41.3. The lowest BCUT2D eigenvalue weighted by molar-refractivity contribution is -0.870. The number of unbranched alkanes of at least 4 members (excludes halogenated alkanes) is 56. The Labute approximate surface area is 585 Å². The Bertz CT molecular complexity index is 1720. The number of rotatable bonds is 78. The minimum atomic E-state index is -4.64. The summed E-state index contributed by atoms with van der Waals surface area (Å²) >= 11 is 0. The van der Waals surface area contributed by atoms with Gasteiger partial charge in [0, 0.05) is 12.8 Å². The first-order valence-corrected chi connectivity index (χ1v) is 42.8. The summed E-state index contributed by atoms with van der Waals surface area (Å²) in [5.74, 6) is -0.808. The number of carbonyl (C=O) groups excluding carboxylic acids is 2. The molecule has 10 heteroatoms. The van der Waals surface area contributed by atoms with Crippen LogP contribution >= 0.6 is 7.82 Å². The van der Waals surface area contributed by atoms with E-state index in [0.717, 1.165) is 44.9 Å². The zero-order valence-corrected chi connectivity index (χ0v) is 64.3. The number of phosphoric acid groups is 1. The van der Waals surface area contributed by atoms with Crippen LogP contribution in [0.1, 0.15) is 425 Å². The molecule has 2 atom stereocenters. The summed E-state index contributed by atoms with van der Waals surface area (Å²) in [5, 5.41) is 0. The zero-order valence-electron chi connectivity index (χ0n) is 63.4. The fraction of sp³-hybridized carbons (Fsp3) is 0.881. The van der Waals surface area contributed by atoms with Gasteiger partial charge in [0.1, 0.15) is 19.8 Å². The van der Waals surface area contributed by atoms with E-state index in [-0.39, 0.29) is 32.0 Å². The maximum Gasteiger partial charge on any atom is 0.306 e. The molecule has 0 radical (unpaired) electrons. The molecule has 0 bridgehead atoms. The molecule has 94 heavy (non-hydrogen) atoms. The lowest BCUT2D eigenvalue weighted by atomic mass is 10.0. The van der Waals surface area contributed by atoms with Crippen molar-refractivity contribution in [3.63, 3.8) is 0 Å². The molecule has 554 valence electrons. The van der Waals surface area contributed by atoms with Crippen LogP contribution in [0.2, 0.25) is 0 Å². The molecule has 0 aromatic rings. The summed E-state index contributed by atoms with van der Waals surface area (Å²) in [6, 6.07) is 0. The Kier molecular flexibility index (Phi) is 73.6. The second kappa shape index (κ2) is 75.2. The maximum atomic E-state index is 12.9. The van der Waals surface area contributed by atoms with Crippen molar-refractivity contribution in [3.8, 4) is 0 Å². The van der Waals surface area contributed by atoms with Crippen molar-refractivity contribution in [1.29, 1.82) is 0 Å². The van der Waals surface area contributed by atoms with Gasteiger partial charge in [-0.25, -0.2) is 0 Å². The summed E-state index contributed by atoms with van der Waals surface area (Å²) < 4.78 is 34.4. The Morgan fingerprint density at radius 1 is 0.330 bits per heavy atom. The molecule has 0 amide bonds. The number of allylic oxidation sites excluding steroid dienone is 8. The SMILES string of the molecule is CCCCCCC/C=C\C/C=C\C/C=C\CCCCCCCCCCCCCCCCCCCCCCCCC(=O)OC(COC(=O)CCCCCCCCCCCCCCCCCCCCCCC/C=C\CCCCCCCCCC)COP(=O)([O-])OCC[N+](C)(C)C. The number of phosphoric ester groups is 1. The van der Waals surface area contributed by atoms with Crippen molar-refractivity contribution in [2.24, 2.45) is 0 Å². The third kappa shape index (κ3) is 79.0. The van der Waals surface area contributed by atoms with E-state index in [0.29, 0.717) is 17.4 Å². The van der Waals surface area contributed by atoms with Crippen LogP contribution in [-0.4, -0.2) is 70.0 Å². The van der Waals surface area contributed by atoms with Crippen LogP contribution in [0.25, 0.3) is 0 Å². The molecule has 0 aliphatic rings. The highest BCUT2D eigenvalue weighted by atomic mass is 31.2. The average Bonchev–Trinajstić information content (AvgIpc) is 1.56. The molecule has 0 N–H and O–H groups in total. The Hall–Kier alpha value is -2.03. The van der Waals surface area contributed by atoms with Crippen molar-refractivity contribution in [2.45, 2.75) is 431 Å². The lowest BCUT2D eigenvalue weighted by Crippen LogP contribution is -2.37. The van der Waals surface area contributed by atoms with Gasteiger partial charge >= 0.3 is 11.9 Å². The highest BCUT2D eigenvalue weighted by molar-refractivity contribution is 7.45. The summed E-state index contributed by atoms with van der Waals surface area (Å²) in [7, 11) is 1.19. The topological polar surface area (TPSA) is 111 Å². The number of nitrogens with zero attached hydrogens (tertiary/aromatic N) is 1. The van der Waals surface area contributed by atoms with E-state index < -0.39 is 26.5 Å². The highest BCUT2D eigenvalue weighted by Crippen LogP contribution is 2.38. The van der Waals surface area contributed by atoms with Crippen LogP contribution < -0.4 is 4.89 Å². The molecule has 0 aromatic carbocycles. The first kappa shape index (κ1) is 92.0. The lowest BCUT2D eigenvalue weighted by Gasteiger charge is -2.28. The molecule has 9 nitrogen and oxygen atoms in total. The van der Waals surface area contributed by atoms with Crippen molar-refractivity contribution in [3.05, 3.63) is 48.6 Å². The molecule has 0 spiro atoms. The van der Waals surface area contributed by atoms with Crippen LogP contribution in [0.15, 0.2) is 48.6 Å². The number of quaternary nitrogens is 1. The van der Waals surface area contributed by atoms with Gasteiger partial charge in [0.15, 0.2) is 6.10 Å². The molecule has 0 rings (SSSR count). The molecule has 0 saturated heterocycles. The van der Waals surface area contributed by atoms with Crippen LogP contribution in [0.5, 0.6) is 0 Å². The predicted octanol–water partition coefficient (Wildman–Crippen LogP) is 26.9. The summed E-state index contributed by atoms with van der Waals surface area (Å²) in [6.07, 6.45) is 99.6. The van der Waals surface area contributed by atoms with E-state index in [9.17, 15) is 19.0 Å². The minimum absolute atomic E-state index is 0.0277. The van der Waals surface area contributed by atoms with Gasteiger partial charge in [-0.2, -0.15) is 0 Å². The van der Waals surface area contributed by atoms with Gasteiger partial charge in [-0.15, -0.1) is 0 Å². The largest absolute Gasteiger partial charge is 0.756 e. The average molecular weight is 1340 g/mol. The molecule has 0 aliphatic carbocycles. The van der Waals surface area contributed by atoms with Gasteiger partial charge in [-0.1, -0.05) is 383 Å². The summed E-state index contributed by atoms with van der Waals surface area (Å²) in [6.45, 7) is 4.31. The van der Waals surface area contributed by atoms with Crippen LogP contribution in [-0.2, 0) is 32.7 Å². The number of ether oxygens (including phenoxy) is 2. The zero-order chi connectivity index (χ0) is 68.3. The molecule has 0 aromatic heterocycles. The third-order valence-electron chi connectivity index (χ3n) is 18.8. The van der Waals surface area contributed by atoms with E-state index in [1.165, 1.54) is 347 Å². The quantitative estimate of drug-likeness (QED) is 0.0195. The van der Waals surface area contributed by atoms with E-state index in [4.69, 9.17) is 18.5 Å². The molecule has 0 heterocycles. The second-order valence-electron chi connectivity index (χ2n) is 29.5. The van der Waals surface area contributed by atoms with Gasteiger partial charge in [0.2, 0.25) is 0 Å². The van der Waals surface area contributed by atoms with Crippen molar-refractivity contribution in [2.75, 3.05) is 47.5 Å². The molecular formula is C84H160NO8P. The highest BCUT2D eigenvalue weighted by Gasteiger charge is 2.22. The Morgan fingerprint density at radius 3 is 0.862 bits per heavy atom. The fourth-order valence-electron chi connectivity index (χ4n) is 12.5. The minimum Gasteiger partial charge on any atom is -0.756 e. The Morgan fingerprint density at radius 2 is 0.574 bits per heavy atom. The van der Waals surface area contributed by atoms with Gasteiger partial charge in [-0.3, -0.25) is 14.2 Å². The number of esters is 2.